The highest BCUT2D eigenvalue weighted by Crippen LogP contribution is 2.24. The van der Waals surface area contributed by atoms with Crippen LogP contribution in [0.3, 0.4) is 0 Å². The van der Waals surface area contributed by atoms with E-state index >= 15 is 0 Å². The van der Waals surface area contributed by atoms with Gasteiger partial charge >= 0.3 is 0 Å². The van der Waals surface area contributed by atoms with Gasteiger partial charge in [0.15, 0.2) is 0 Å². The fourth-order valence-electron chi connectivity index (χ4n) is 1.91. The first kappa shape index (κ1) is 13.1. The van der Waals surface area contributed by atoms with Gasteiger partial charge < -0.3 is 10.5 Å². The molecule has 0 fully saturated rings. The van der Waals surface area contributed by atoms with Gasteiger partial charge in [0, 0.05) is 15.8 Å². The first-order valence-corrected chi connectivity index (χ1v) is 6.95. The third kappa shape index (κ3) is 3.34. The Bertz CT molecular complexity index is 489. The van der Waals surface area contributed by atoms with E-state index < -0.39 is 0 Å². The second kappa shape index (κ2) is 6.03. The van der Waals surface area contributed by atoms with Crippen molar-refractivity contribution in [2.75, 3.05) is 7.11 Å². The van der Waals surface area contributed by atoms with Crippen LogP contribution in [0.1, 0.15) is 27.8 Å². The third-order valence-corrected chi connectivity index (χ3v) is 4.16. The van der Waals surface area contributed by atoms with Gasteiger partial charge in [0.05, 0.1) is 7.11 Å². The number of benzene rings is 1. The average Bonchev–Trinajstić information content (AvgIpc) is 2.83. The molecule has 96 valence electrons. The van der Waals surface area contributed by atoms with Crippen molar-refractivity contribution in [1.29, 1.82) is 0 Å². The van der Waals surface area contributed by atoms with E-state index in [1.807, 2.05) is 12.1 Å². The summed E-state index contributed by atoms with van der Waals surface area (Å²) in [5.41, 5.74) is 7.50. The van der Waals surface area contributed by atoms with Crippen molar-refractivity contribution in [2.24, 2.45) is 5.73 Å². The van der Waals surface area contributed by atoms with Crippen LogP contribution in [-0.4, -0.2) is 7.11 Å². The highest BCUT2D eigenvalue weighted by Gasteiger charge is 2.08. The lowest BCUT2D eigenvalue weighted by atomic mass is 10.0. The molecule has 0 aliphatic rings. The molecule has 2 aromatic rings. The normalized spacial score (nSPS) is 12.4. The molecule has 0 saturated heterocycles. The van der Waals surface area contributed by atoms with Gasteiger partial charge in [-0.15, -0.1) is 11.3 Å². The molecule has 1 atom stereocenters. The number of aryl methyl sites for hydroxylation is 2. The van der Waals surface area contributed by atoms with E-state index in [-0.39, 0.29) is 6.04 Å². The fourth-order valence-corrected chi connectivity index (χ4v) is 2.82. The SMILES string of the molecule is COc1ccc(CCC(N)c2ccc(C)s2)cc1. The molecule has 0 amide bonds. The van der Waals surface area contributed by atoms with Gasteiger partial charge in [-0.3, -0.25) is 0 Å². The zero-order chi connectivity index (χ0) is 13.0. The van der Waals surface area contributed by atoms with Crippen molar-refractivity contribution in [1.82, 2.24) is 0 Å². The maximum Gasteiger partial charge on any atom is 0.118 e. The zero-order valence-corrected chi connectivity index (χ0v) is 11.7. The third-order valence-electron chi connectivity index (χ3n) is 3.03. The maximum absolute atomic E-state index is 6.20. The summed E-state index contributed by atoms with van der Waals surface area (Å²) in [7, 11) is 1.68. The van der Waals surface area contributed by atoms with Crippen LogP contribution in [0.15, 0.2) is 36.4 Å². The minimum absolute atomic E-state index is 0.144. The molecular formula is C15H19NOS. The number of hydrogen-bond acceptors (Lipinski definition) is 3. The molecule has 1 heterocycles. The van der Waals surface area contributed by atoms with Crippen LogP contribution in [0, 0.1) is 6.92 Å². The van der Waals surface area contributed by atoms with Crippen molar-refractivity contribution < 1.29 is 4.74 Å². The molecule has 2 nitrogen and oxygen atoms in total. The Labute approximate surface area is 112 Å². The Hall–Kier alpha value is -1.32. The van der Waals surface area contributed by atoms with Crippen LogP contribution in [0.4, 0.5) is 0 Å². The van der Waals surface area contributed by atoms with Crippen LogP contribution in [-0.2, 0) is 6.42 Å². The summed E-state index contributed by atoms with van der Waals surface area (Å²) >= 11 is 1.79. The molecule has 0 aliphatic carbocycles. The summed E-state index contributed by atoms with van der Waals surface area (Å²) in [6.45, 7) is 2.12. The quantitative estimate of drug-likeness (QED) is 0.890. The minimum Gasteiger partial charge on any atom is -0.497 e. The maximum atomic E-state index is 6.20. The van der Waals surface area contributed by atoms with E-state index in [2.05, 4.69) is 31.2 Å². The van der Waals surface area contributed by atoms with Crippen molar-refractivity contribution >= 4 is 11.3 Å². The first-order chi connectivity index (χ1) is 8.69. The molecule has 0 saturated carbocycles. The minimum atomic E-state index is 0.144. The predicted molar refractivity (Wildman–Crippen MR) is 77.3 cm³/mol. The Morgan fingerprint density at radius 1 is 1.17 bits per heavy atom. The summed E-state index contributed by atoms with van der Waals surface area (Å²) < 4.78 is 5.14. The highest BCUT2D eigenvalue weighted by atomic mass is 32.1. The van der Waals surface area contributed by atoms with Gasteiger partial charge in [-0.1, -0.05) is 12.1 Å². The standard InChI is InChI=1S/C15H19NOS/c1-11-3-10-15(18-11)14(16)9-6-12-4-7-13(17-2)8-5-12/h3-5,7-8,10,14H,6,9,16H2,1-2H3. The van der Waals surface area contributed by atoms with Crippen molar-refractivity contribution in [3.05, 3.63) is 51.7 Å². The lowest BCUT2D eigenvalue weighted by molar-refractivity contribution is 0.414. The molecule has 2 rings (SSSR count). The van der Waals surface area contributed by atoms with Gasteiger partial charge in [-0.05, 0) is 49.6 Å². The molecule has 3 heteroatoms. The Balaban J connectivity index is 1.90. The van der Waals surface area contributed by atoms with Crippen molar-refractivity contribution in [2.45, 2.75) is 25.8 Å². The zero-order valence-electron chi connectivity index (χ0n) is 10.8. The lowest BCUT2D eigenvalue weighted by Gasteiger charge is -2.09. The van der Waals surface area contributed by atoms with Crippen LogP contribution in [0.25, 0.3) is 0 Å². The second-order valence-electron chi connectivity index (χ2n) is 4.44. The second-order valence-corrected chi connectivity index (χ2v) is 5.76. The largest absolute Gasteiger partial charge is 0.497 e. The number of ether oxygens (including phenoxy) is 1. The molecule has 0 spiro atoms. The lowest BCUT2D eigenvalue weighted by Crippen LogP contribution is -2.09. The smallest absolute Gasteiger partial charge is 0.118 e. The van der Waals surface area contributed by atoms with Crippen molar-refractivity contribution in [3.63, 3.8) is 0 Å². The van der Waals surface area contributed by atoms with Gasteiger partial charge in [0.1, 0.15) is 5.75 Å². The average molecular weight is 261 g/mol. The number of methoxy groups -OCH3 is 1. The van der Waals surface area contributed by atoms with Crippen LogP contribution in [0.2, 0.25) is 0 Å². The summed E-state index contributed by atoms with van der Waals surface area (Å²) in [4.78, 5) is 2.60. The fraction of sp³-hybridized carbons (Fsp3) is 0.333. The van der Waals surface area contributed by atoms with Gasteiger partial charge in [-0.25, -0.2) is 0 Å². The summed E-state index contributed by atoms with van der Waals surface area (Å²) in [6.07, 6.45) is 1.98. The van der Waals surface area contributed by atoms with E-state index in [0.29, 0.717) is 0 Å². The van der Waals surface area contributed by atoms with E-state index in [0.717, 1.165) is 18.6 Å². The molecule has 1 unspecified atom stereocenters. The van der Waals surface area contributed by atoms with E-state index in [1.165, 1.54) is 15.3 Å². The summed E-state index contributed by atoms with van der Waals surface area (Å²) in [5.74, 6) is 0.900. The molecule has 18 heavy (non-hydrogen) atoms. The monoisotopic (exact) mass is 261 g/mol. The molecular weight excluding hydrogens is 242 g/mol. The molecule has 2 N–H and O–H groups in total. The molecule has 1 aromatic heterocycles. The highest BCUT2D eigenvalue weighted by molar-refractivity contribution is 7.12. The molecule has 0 radical (unpaired) electrons. The first-order valence-electron chi connectivity index (χ1n) is 6.14. The molecule has 0 aliphatic heterocycles. The van der Waals surface area contributed by atoms with E-state index in [4.69, 9.17) is 10.5 Å². The predicted octanol–water partition coefficient (Wildman–Crippen LogP) is 3.70. The van der Waals surface area contributed by atoms with Crippen LogP contribution >= 0.6 is 11.3 Å². The number of rotatable bonds is 5. The van der Waals surface area contributed by atoms with Crippen LogP contribution in [0.5, 0.6) is 5.75 Å². The Morgan fingerprint density at radius 3 is 2.44 bits per heavy atom. The van der Waals surface area contributed by atoms with Gasteiger partial charge in [0.25, 0.3) is 0 Å². The number of thiophene rings is 1. The van der Waals surface area contributed by atoms with Crippen LogP contribution < -0.4 is 10.5 Å². The summed E-state index contributed by atoms with van der Waals surface area (Å²) in [6, 6.07) is 12.6. The Morgan fingerprint density at radius 2 is 1.89 bits per heavy atom. The van der Waals surface area contributed by atoms with Crippen molar-refractivity contribution in [3.8, 4) is 5.75 Å². The van der Waals surface area contributed by atoms with Gasteiger partial charge in [0.2, 0.25) is 0 Å². The topological polar surface area (TPSA) is 35.2 Å². The molecule has 0 bridgehead atoms. The Kier molecular flexibility index (Phi) is 4.39. The van der Waals surface area contributed by atoms with E-state index in [9.17, 15) is 0 Å². The summed E-state index contributed by atoms with van der Waals surface area (Å²) in [5, 5.41) is 0. The van der Waals surface area contributed by atoms with Gasteiger partial charge in [-0.2, -0.15) is 0 Å². The number of hydrogen-bond donors (Lipinski definition) is 1. The van der Waals surface area contributed by atoms with E-state index in [1.54, 1.807) is 18.4 Å². The number of nitrogens with two attached hydrogens (primary N) is 1. The molecule has 1 aromatic carbocycles.